The van der Waals surface area contributed by atoms with Gasteiger partial charge in [0, 0.05) is 23.0 Å². The Hall–Kier alpha value is -3.84. The second kappa shape index (κ2) is 7.88. The van der Waals surface area contributed by atoms with Gasteiger partial charge in [-0.2, -0.15) is 0 Å². The second-order valence-corrected chi connectivity index (χ2v) is 7.57. The fourth-order valence-electron chi connectivity index (χ4n) is 4.03. The summed E-state index contributed by atoms with van der Waals surface area (Å²) in [7, 11) is 0. The Morgan fingerprint density at radius 1 is 0.500 bits per heavy atom. The van der Waals surface area contributed by atoms with Crippen molar-refractivity contribution in [1.29, 1.82) is 0 Å². The van der Waals surface area contributed by atoms with E-state index in [4.69, 9.17) is 0 Å². The number of aryl methyl sites for hydroxylation is 1. The maximum absolute atomic E-state index is 2.33. The van der Waals surface area contributed by atoms with Crippen LogP contribution in [0, 0.1) is 6.92 Å². The van der Waals surface area contributed by atoms with Crippen LogP contribution in [0.1, 0.15) is 5.56 Å². The molecule has 0 aliphatic rings. The van der Waals surface area contributed by atoms with Crippen LogP contribution in [0.25, 0.3) is 39.2 Å². The molecule has 0 saturated heterocycles. The molecule has 5 aromatic rings. The van der Waals surface area contributed by atoms with E-state index in [2.05, 4.69) is 133 Å². The number of hydrogen-bond acceptors (Lipinski definition) is 0. The largest absolute Gasteiger partial charge is 0.315 e. The Morgan fingerprint density at radius 2 is 1.00 bits per heavy atom. The van der Waals surface area contributed by atoms with E-state index in [1.54, 1.807) is 0 Å². The molecule has 0 aliphatic carbocycles. The second-order valence-electron chi connectivity index (χ2n) is 7.57. The molecule has 30 heavy (non-hydrogen) atoms. The first-order chi connectivity index (χ1) is 14.8. The minimum atomic E-state index is 1.17. The van der Waals surface area contributed by atoms with Crippen LogP contribution in [0.4, 0.5) is 0 Å². The molecule has 0 saturated carbocycles. The van der Waals surface area contributed by atoms with Gasteiger partial charge in [0.05, 0.1) is 5.69 Å². The molecule has 0 bridgehead atoms. The number of rotatable bonds is 4. The monoisotopic (exact) mass is 385 g/mol. The van der Waals surface area contributed by atoms with Gasteiger partial charge in [-0.15, -0.1) is 0 Å². The molecule has 0 fully saturated rings. The van der Waals surface area contributed by atoms with Crippen LogP contribution in [-0.4, -0.2) is 4.57 Å². The van der Waals surface area contributed by atoms with Gasteiger partial charge in [-0.1, -0.05) is 109 Å². The minimum absolute atomic E-state index is 1.17. The smallest absolute Gasteiger partial charge is 0.0613 e. The van der Waals surface area contributed by atoms with Gasteiger partial charge in [0.1, 0.15) is 0 Å². The average molecular weight is 386 g/mol. The van der Waals surface area contributed by atoms with Crippen molar-refractivity contribution in [2.75, 3.05) is 0 Å². The topological polar surface area (TPSA) is 4.93 Å². The fourth-order valence-corrected chi connectivity index (χ4v) is 4.03. The van der Waals surface area contributed by atoms with Crippen molar-refractivity contribution in [3.63, 3.8) is 0 Å². The summed E-state index contributed by atoms with van der Waals surface area (Å²) in [5.74, 6) is 0. The number of aromatic nitrogens is 1. The summed E-state index contributed by atoms with van der Waals surface area (Å²) in [6.07, 6.45) is 2.28. The molecule has 0 spiro atoms. The van der Waals surface area contributed by atoms with Crippen LogP contribution in [0.5, 0.6) is 0 Å². The Kier molecular flexibility index (Phi) is 4.78. The van der Waals surface area contributed by atoms with E-state index in [0.29, 0.717) is 0 Å². The lowest BCUT2D eigenvalue weighted by molar-refractivity contribution is 1.09. The molecule has 1 heterocycles. The quantitative estimate of drug-likeness (QED) is 0.297. The highest BCUT2D eigenvalue weighted by Gasteiger charge is 2.20. The van der Waals surface area contributed by atoms with Gasteiger partial charge in [-0.05, 0) is 35.7 Å². The standard InChI is InChI=1S/C29H23N/c1-22-17-19-26(20-18-22)30-21-27(23-11-5-2-6-12-23)28(24-13-7-3-8-14-24)29(30)25-15-9-4-10-16-25/h2-21H,1H3. The molecule has 4 aromatic carbocycles. The van der Waals surface area contributed by atoms with Gasteiger partial charge >= 0.3 is 0 Å². The maximum atomic E-state index is 2.33. The predicted molar refractivity (Wildman–Crippen MR) is 127 cm³/mol. The third kappa shape index (κ3) is 3.35. The molecule has 144 valence electrons. The third-order valence-corrected chi connectivity index (χ3v) is 5.51. The number of hydrogen-bond donors (Lipinski definition) is 0. The van der Waals surface area contributed by atoms with Crippen LogP contribution < -0.4 is 0 Å². The first kappa shape index (κ1) is 18.2. The summed E-state index contributed by atoms with van der Waals surface area (Å²) in [6.45, 7) is 2.13. The third-order valence-electron chi connectivity index (χ3n) is 5.51. The summed E-state index contributed by atoms with van der Waals surface area (Å²) >= 11 is 0. The molecule has 0 unspecified atom stereocenters. The van der Waals surface area contributed by atoms with Gasteiger partial charge in [0.25, 0.3) is 0 Å². The predicted octanol–water partition coefficient (Wildman–Crippen LogP) is 7.79. The normalized spacial score (nSPS) is 10.8. The summed E-state index contributed by atoms with van der Waals surface area (Å²) in [4.78, 5) is 0. The first-order valence-corrected chi connectivity index (χ1v) is 10.3. The highest BCUT2D eigenvalue weighted by atomic mass is 15.0. The van der Waals surface area contributed by atoms with Crippen molar-refractivity contribution < 1.29 is 0 Å². The van der Waals surface area contributed by atoms with Gasteiger partial charge in [-0.25, -0.2) is 0 Å². The first-order valence-electron chi connectivity index (χ1n) is 10.3. The van der Waals surface area contributed by atoms with Crippen LogP contribution >= 0.6 is 0 Å². The lowest BCUT2D eigenvalue weighted by Gasteiger charge is -2.13. The van der Waals surface area contributed by atoms with Gasteiger partial charge < -0.3 is 4.57 Å². The fraction of sp³-hybridized carbons (Fsp3) is 0.0345. The Labute approximate surface area is 177 Å². The van der Waals surface area contributed by atoms with Crippen LogP contribution in [-0.2, 0) is 0 Å². The highest BCUT2D eigenvalue weighted by molar-refractivity contribution is 5.94. The average Bonchev–Trinajstić information content (AvgIpc) is 3.22. The van der Waals surface area contributed by atoms with E-state index in [9.17, 15) is 0 Å². The highest BCUT2D eigenvalue weighted by Crippen LogP contribution is 2.43. The Bertz CT molecular complexity index is 1250. The lowest BCUT2D eigenvalue weighted by Crippen LogP contribution is -1.96. The lowest BCUT2D eigenvalue weighted by atomic mass is 9.94. The van der Waals surface area contributed by atoms with Crippen molar-refractivity contribution in [2.24, 2.45) is 0 Å². The summed E-state index contributed by atoms with van der Waals surface area (Å²) < 4.78 is 2.33. The van der Waals surface area contributed by atoms with Crippen molar-refractivity contribution in [3.05, 3.63) is 127 Å². The maximum Gasteiger partial charge on any atom is 0.0613 e. The molecule has 5 rings (SSSR count). The van der Waals surface area contributed by atoms with Crippen LogP contribution in [0.3, 0.4) is 0 Å². The molecule has 1 aromatic heterocycles. The SMILES string of the molecule is Cc1ccc(-n2cc(-c3ccccc3)c(-c3ccccc3)c2-c2ccccc2)cc1. The summed E-state index contributed by atoms with van der Waals surface area (Å²) in [5.41, 5.74) is 9.79. The van der Waals surface area contributed by atoms with Crippen LogP contribution in [0.15, 0.2) is 121 Å². The van der Waals surface area contributed by atoms with E-state index in [-0.39, 0.29) is 0 Å². The molecule has 0 aliphatic heterocycles. The molecule has 1 nitrogen and oxygen atoms in total. The van der Waals surface area contributed by atoms with E-state index >= 15 is 0 Å². The zero-order valence-corrected chi connectivity index (χ0v) is 17.0. The number of benzene rings is 4. The molecule has 0 amide bonds. The minimum Gasteiger partial charge on any atom is -0.315 e. The molecule has 0 radical (unpaired) electrons. The Morgan fingerprint density at radius 3 is 1.57 bits per heavy atom. The molecular formula is C29H23N. The summed E-state index contributed by atoms with van der Waals surface area (Å²) in [5, 5.41) is 0. The van der Waals surface area contributed by atoms with E-state index in [1.165, 1.54) is 44.8 Å². The van der Waals surface area contributed by atoms with E-state index in [0.717, 1.165) is 0 Å². The summed E-state index contributed by atoms with van der Waals surface area (Å²) in [6, 6.07) is 40.8. The van der Waals surface area contributed by atoms with Gasteiger partial charge in [0.2, 0.25) is 0 Å². The van der Waals surface area contributed by atoms with E-state index in [1.807, 2.05) is 0 Å². The zero-order valence-electron chi connectivity index (χ0n) is 17.0. The van der Waals surface area contributed by atoms with Crippen molar-refractivity contribution in [3.8, 4) is 39.2 Å². The zero-order chi connectivity index (χ0) is 20.3. The molecule has 0 atom stereocenters. The Balaban J connectivity index is 1.88. The van der Waals surface area contributed by atoms with Gasteiger partial charge in [0.15, 0.2) is 0 Å². The molecule has 1 heteroatoms. The number of nitrogens with zero attached hydrogens (tertiary/aromatic N) is 1. The van der Waals surface area contributed by atoms with E-state index < -0.39 is 0 Å². The van der Waals surface area contributed by atoms with Crippen molar-refractivity contribution >= 4 is 0 Å². The molecular weight excluding hydrogens is 362 g/mol. The van der Waals surface area contributed by atoms with Crippen LogP contribution in [0.2, 0.25) is 0 Å². The molecule has 0 N–H and O–H groups in total. The van der Waals surface area contributed by atoms with Gasteiger partial charge in [-0.3, -0.25) is 0 Å². The van der Waals surface area contributed by atoms with Crippen molar-refractivity contribution in [2.45, 2.75) is 6.92 Å². The van der Waals surface area contributed by atoms with Crippen molar-refractivity contribution in [1.82, 2.24) is 4.57 Å².